The lowest BCUT2D eigenvalue weighted by Crippen LogP contribution is -2.11. The number of aromatic nitrogens is 3. The number of nitrogens with two attached hydrogens (primary N) is 1. The van der Waals surface area contributed by atoms with Crippen LogP contribution in [0.5, 0.6) is 0 Å². The van der Waals surface area contributed by atoms with Crippen molar-refractivity contribution in [2.45, 2.75) is 17.9 Å². The molecule has 0 aromatic carbocycles. The Morgan fingerprint density at radius 1 is 1.44 bits per heavy atom. The minimum Gasteiger partial charge on any atom is -0.324 e. The molecule has 0 saturated carbocycles. The van der Waals surface area contributed by atoms with E-state index in [0.29, 0.717) is 5.82 Å². The van der Waals surface area contributed by atoms with Gasteiger partial charge in [-0.2, -0.15) is 5.10 Å². The third-order valence-corrected chi connectivity index (χ3v) is 3.58. The molecule has 0 aliphatic rings. The molecular formula is C11H14N4O2S. The first kappa shape index (κ1) is 12.7. The van der Waals surface area contributed by atoms with Gasteiger partial charge in [-0.3, -0.25) is 0 Å². The van der Waals surface area contributed by atoms with Crippen molar-refractivity contribution in [1.82, 2.24) is 14.8 Å². The molecule has 2 N–H and O–H groups in total. The molecule has 0 aliphatic heterocycles. The van der Waals surface area contributed by atoms with Crippen LogP contribution in [0, 0.1) is 0 Å². The van der Waals surface area contributed by atoms with Gasteiger partial charge in [-0.25, -0.2) is 18.1 Å². The monoisotopic (exact) mass is 266 g/mol. The standard InChI is InChI=1S/C11H14N4O2S/c1-8(12)10-4-3-5-13-11(10)15-7-9(6-14-15)18(2,16)17/h3-8H,12H2,1-2H3/t8-/m0/s1. The molecule has 7 heteroatoms. The summed E-state index contributed by atoms with van der Waals surface area (Å²) in [5.41, 5.74) is 6.65. The van der Waals surface area contributed by atoms with Gasteiger partial charge in [-0.05, 0) is 13.0 Å². The number of nitrogens with zero attached hydrogens (tertiary/aromatic N) is 3. The average Bonchev–Trinajstić information content (AvgIpc) is 2.77. The lowest BCUT2D eigenvalue weighted by Gasteiger charge is -2.10. The summed E-state index contributed by atoms with van der Waals surface area (Å²) in [6, 6.07) is 3.41. The quantitative estimate of drug-likeness (QED) is 0.882. The van der Waals surface area contributed by atoms with Crippen LogP contribution in [0.25, 0.3) is 5.82 Å². The molecule has 0 radical (unpaired) electrons. The SMILES string of the molecule is C[C@H](N)c1cccnc1-n1cc(S(C)(=O)=O)cn1. The molecule has 0 saturated heterocycles. The molecule has 0 fully saturated rings. The lowest BCUT2D eigenvalue weighted by atomic mass is 10.1. The van der Waals surface area contributed by atoms with Crippen molar-refractivity contribution >= 4 is 9.84 Å². The van der Waals surface area contributed by atoms with Crippen LogP contribution >= 0.6 is 0 Å². The molecule has 2 heterocycles. The highest BCUT2D eigenvalue weighted by Gasteiger charge is 2.14. The van der Waals surface area contributed by atoms with Gasteiger partial charge in [-0.1, -0.05) is 6.07 Å². The van der Waals surface area contributed by atoms with Gasteiger partial charge in [-0.15, -0.1) is 0 Å². The minimum atomic E-state index is -3.27. The van der Waals surface area contributed by atoms with E-state index in [1.807, 2.05) is 13.0 Å². The van der Waals surface area contributed by atoms with E-state index in [-0.39, 0.29) is 10.9 Å². The van der Waals surface area contributed by atoms with Crippen molar-refractivity contribution in [3.8, 4) is 5.82 Å². The zero-order chi connectivity index (χ0) is 13.3. The predicted octanol–water partition coefficient (Wildman–Crippen LogP) is 0.691. The third kappa shape index (κ3) is 2.41. The number of hydrogen-bond acceptors (Lipinski definition) is 5. The third-order valence-electron chi connectivity index (χ3n) is 2.51. The topological polar surface area (TPSA) is 90.9 Å². The van der Waals surface area contributed by atoms with Crippen LogP contribution in [0.4, 0.5) is 0 Å². The molecule has 6 nitrogen and oxygen atoms in total. The molecule has 0 aliphatic carbocycles. The van der Waals surface area contributed by atoms with Crippen LogP contribution in [0.1, 0.15) is 18.5 Å². The predicted molar refractivity (Wildman–Crippen MR) is 67.1 cm³/mol. The Bertz CT molecular complexity index is 661. The first-order valence-corrected chi connectivity index (χ1v) is 7.24. The fraction of sp³-hybridized carbons (Fsp3) is 0.273. The summed E-state index contributed by atoms with van der Waals surface area (Å²) in [4.78, 5) is 4.35. The van der Waals surface area contributed by atoms with Crippen molar-refractivity contribution < 1.29 is 8.42 Å². The summed E-state index contributed by atoms with van der Waals surface area (Å²) in [7, 11) is -3.27. The van der Waals surface area contributed by atoms with E-state index in [2.05, 4.69) is 10.1 Å². The van der Waals surface area contributed by atoms with Gasteiger partial charge >= 0.3 is 0 Å². The fourth-order valence-corrected chi connectivity index (χ4v) is 2.10. The maximum absolute atomic E-state index is 11.4. The van der Waals surface area contributed by atoms with E-state index >= 15 is 0 Å². The number of pyridine rings is 1. The summed E-state index contributed by atoms with van der Waals surface area (Å²) in [5.74, 6) is 0.544. The summed E-state index contributed by atoms with van der Waals surface area (Å²) < 4.78 is 24.2. The van der Waals surface area contributed by atoms with Gasteiger partial charge < -0.3 is 5.73 Å². The maximum Gasteiger partial charge on any atom is 0.178 e. The first-order valence-electron chi connectivity index (χ1n) is 5.35. The van der Waals surface area contributed by atoms with Crippen LogP contribution in [0.2, 0.25) is 0 Å². The van der Waals surface area contributed by atoms with E-state index in [1.165, 1.54) is 17.1 Å². The second-order valence-electron chi connectivity index (χ2n) is 4.10. The fourth-order valence-electron chi connectivity index (χ4n) is 1.57. The second-order valence-corrected chi connectivity index (χ2v) is 6.11. The molecule has 0 unspecified atom stereocenters. The van der Waals surface area contributed by atoms with Crippen LogP contribution in [-0.2, 0) is 9.84 Å². The van der Waals surface area contributed by atoms with E-state index in [0.717, 1.165) is 11.8 Å². The van der Waals surface area contributed by atoms with E-state index in [9.17, 15) is 8.42 Å². The molecule has 2 rings (SSSR count). The van der Waals surface area contributed by atoms with Crippen molar-refractivity contribution in [3.05, 3.63) is 36.3 Å². The Balaban J connectivity index is 2.53. The summed E-state index contributed by atoms with van der Waals surface area (Å²) in [5, 5.41) is 4.02. The van der Waals surface area contributed by atoms with Crippen molar-refractivity contribution in [3.63, 3.8) is 0 Å². The van der Waals surface area contributed by atoms with Gasteiger partial charge in [0, 0.05) is 24.1 Å². The second kappa shape index (κ2) is 4.51. The van der Waals surface area contributed by atoms with Crippen LogP contribution in [-0.4, -0.2) is 29.4 Å². The molecule has 1 atom stereocenters. The Morgan fingerprint density at radius 3 is 2.72 bits per heavy atom. The molecular weight excluding hydrogens is 252 g/mol. The zero-order valence-electron chi connectivity index (χ0n) is 10.1. The molecule has 18 heavy (non-hydrogen) atoms. The van der Waals surface area contributed by atoms with Crippen molar-refractivity contribution in [1.29, 1.82) is 0 Å². The minimum absolute atomic E-state index is 0.156. The largest absolute Gasteiger partial charge is 0.324 e. The molecule has 0 bridgehead atoms. The highest BCUT2D eigenvalue weighted by atomic mass is 32.2. The van der Waals surface area contributed by atoms with Crippen LogP contribution < -0.4 is 5.73 Å². The first-order chi connectivity index (χ1) is 8.39. The van der Waals surface area contributed by atoms with Crippen molar-refractivity contribution in [2.24, 2.45) is 5.73 Å². The van der Waals surface area contributed by atoms with Crippen LogP contribution in [0.15, 0.2) is 35.6 Å². The van der Waals surface area contributed by atoms with Gasteiger partial charge in [0.25, 0.3) is 0 Å². The number of hydrogen-bond donors (Lipinski definition) is 1. The highest BCUT2D eigenvalue weighted by Crippen LogP contribution is 2.18. The molecule has 2 aromatic rings. The van der Waals surface area contributed by atoms with Gasteiger partial charge in [0.05, 0.1) is 12.4 Å². The Kier molecular flexibility index (Phi) is 3.18. The van der Waals surface area contributed by atoms with Gasteiger partial charge in [0.1, 0.15) is 4.90 Å². The normalized spacial score (nSPS) is 13.5. The molecule has 96 valence electrons. The van der Waals surface area contributed by atoms with Crippen LogP contribution in [0.3, 0.4) is 0 Å². The molecule has 0 amide bonds. The summed E-state index contributed by atoms with van der Waals surface area (Å²) in [6.45, 7) is 1.83. The smallest absolute Gasteiger partial charge is 0.178 e. The Labute approximate surface area is 105 Å². The Hall–Kier alpha value is -1.73. The Morgan fingerprint density at radius 2 is 2.17 bits per heavy atom. The van der Waals surface area contributed by atoms with E-state index < -0.39 is 9.84 Å². The van der Waals surface area contributed by atoms with Crippen molar-refractivity contribution in [2.75, 3.05) is 6.26 Å². The summed E-state index contributed by atoms with van der Waals surface area (Å²) >= 11 is 0. The van der Waals surface area contributed by atoms with Gasteiger partial charge in [0.15, 0.2) is 15.7 Å². The maximum atomic E-state index is 11.4. The zero-order valence-corrected chi connectivity index (χ0v) is 10.9. The van der Waals surface area contributed by atoms with E-state index in [4.69, 9.17) is 5.73 Å². The van der Waals surface area contributed by atoms with E-state index in [1.54, 1.807) is 12.3 Å². The average molecular weight is 266 g/mol. The summed E-state index contributed by atoms with van der Waals surface area (Å²) in [6.07, 6.45) is 5.49. The number of sulfone groups is 1. The highest BCUT2D eigenvalue weighted by molar-refractivity contribution is 7.90. The molecule has 2 aromatic heterocycles. The molecule has 0 spiro atoms. The number of rotatable bonds is 3. The lowest BCUT2D eigenvalue weighted by molar-refractivity contribution is 0.602. The van der Waals surface area contributed by atoms with Gasteiger partial charge in [0.2, 0.25) is 0 Å².